The standard InChI is InChI=1S/C21H21ClN2O4/c1-12(25)24(2)20(13-7-8-17(27-3)18(10-13)28-4)15-11-16(22)14-6-5-9-23-19(14)21(15)26/h5-11,20,26H,1-4H3. The second-order valence-corrected chi connectivity index (χ2v) is 6.75. The van der Waals surface area contributed by atoms with E-state index in [0.29, 0.717) is 33.0 Å². The number of aromatic nitrogens is 1. The summed E-state index contributed by atoms with van der Waals surface area (Å²) in [6.45, 7) is 1.46. The summed E-state index contributed by atoms with van der Waals surface area (Å²) in [6.07, 6.45) is 1.59. The van der Waals surface area contributed by atoms with Crippen LogP contribution in [0, 0.1) is 0 Å². The van der Waals surface area contributed by atoms with Crippen molar-refractivity contribution < 1.29 is 19.4 Å². The molecule has 2 aromatic carbocycles. The van der Waals surface area contributed by atoms with Crippen LogP contribution in [0.25, 0.3) is 10.9 Å². The van der Waals surface area contributed by atoms with Gasteiger partial charge in [-0.3, -0.25) is 9.78 Å². The zero-order valence-electron chi connectivity index (χ0n) is 16.1. The molecule has 1 heterocycles. The Balaban J connectivity index is 2.27. The average molecular weight is 401 g/mol. The molecule has 28 heavy (non-hydrogen) atoms. The molecule has 0 aliphatic carbocycles. The predicted molar refractivity (Wildman–Crippen MR) is 108 cm³/mol. The lowest BCUT2D eigenvalue weighted by atomic mass is 9.94. The Morgan fingerprint density at radius 3 is 2.54 bits per heavy atom. The molecule has 0 bridgehead atoms. The van der Waals surface area contributed by atoms with Gasteiger partial charge in [-0.1, -0.05) is 17.7 Å². The van der Waals surface area contributed by atoms with Crippen LogP contribution >= 0.6 is 11.6 Å². The maximum Gasteiger partial charge on any atom is 0.219 e. The summed E-state index contributed by atoms with van der Waals surface area (Å²) >= 11 is 6.46. The van der Waals surface area contributed by atoms with Crippen LogP contribution in [0.1, 0.15) is 24.1 Å². The number of ether oxygens (including phenoxy) is 2. The minimum absolute atomic E-state index is 0.0205. The van der Waals surface area contributed by atoms with Crippen molar-refractivity contribution in [1.82, 2.24) is 9.88 Å². The van der Waals surface area contributed by atoms with E-state index in [2.05, 4.69) is 4.98 Å². The lowest BCUT2D eigenvalue weighted by molar-refractivity contribution is -0.129. The number of hydrogen-bond acceptors (Lipinski definition) is 5. The monoisotopic (exact) mass is 400 g/mol. The van der Waals surface area contributed by atoms with E-state index in [1.165, 1.54) is 11.8 Å². The van der Waals surface area contributed by atoms with Gasteiger partial charge in [-0.15, -0.1) is 0 Å². The third-order valence-corrected chi connectivity index (χ3v) is 5.06. The fourth-order valence-corrected chi connectivity index (χ4v) is 3.50. The lowest BCUT2D eigenvalue weighted by Gasteiger charge is -2.29. The molecule has 1 aromatic heterocycles. The molecule has 3 aromatic rings. The number of halogens is 1. The highest BCUT2D eigenvalue weighted by atomic mass is 35.5. The quantitative estimate of drug-likeness (QED) is 0.695. The average Bonchev–Trinajstić information content (AvgIpc) is 2.71. The van der Waals surface area contributed by atoms with E-state index in [1.807, 2.05) is 6.07 Å². The Morgan fingerprint density at radius 2 is 1.89 bits per heavy atom. The zero-order chi connectivity index (χ0) is 20.4. The van der Waals surface area contributed by atoms with E-state index in [1.54, 1.807) is 57.8 Å². The van der Waals surface area contributed by atoms with E-state index in [-0.39, 0.29) is 11.7 Å². The maximum atomic E-state index is 12.2. The van der Waals surface area contributed by atoms with Crippen LogP contribution in [-0.2, 0) is 4.79 Å². The van der Waals surface area contributed by atoms with Crippen molar-refractivity contribution in [1.29, 1.82) is 0 Å². The van der Waals surface area contributed by atoms with Crippen molar-refractivity contribution >= 4 is 28.4 Å². The molecule has 1 amide bonds. The number of benzene rings is 2. The molecular weight excluding hydrogens is 380 g/mol. The molecule has 6 nitrogen and oxygen atoms in total. The van der Waals surface area contributed by atoms with Crippen molar-refractivity contribution in [3.8, 4) is 17.2 Å². The number of carbonyl (C=O) groups excluding carboxylic acids is 1. The van der Waals surface area contributed by atoms with Gasteiger partial charge in [-0.05, 0) is 35.9 Å². The molecule has 3 rings (SSSR count). The van der Waals surface area contributed by atoms with Crippen LogP contribution in [0.4, 0.5) is 0 Å². The smallest absolute Gasteiger partial charge is 0.219 e. The van der Waals surface area contributed by atoms with Gasteiger partial charge in [0.05, 0.1) is 25.3 Å². The van der Waals surface area contributed by atoms with Crippen LogP contribution in [0.2, 0.25) is 5.02 Å². The van der Waals surface area contributed by atoms with E-state index in [9.17, 15) is 9.90 Å². The highest BCUT2D eigenvalue weighted by Crippen LogP contribution is 2.42. The minimum Gasteiger partial charge on any atom is -0.505 e. The fraction of sp³-hybridized carbons (Fsp3) is 0.238. The number of nitrogens with zero attached hydrogens (tertiary/aromatic N) is 2. The summed E-state index contributed by atoms with van der Waals surface area (Å²) in [7, 11) is 4.76. The van der Waals surface area contributed by atoms with E-state index < -0.39 is 6.04 Å². The number of hydrogen-bond donors (Lipinski definition) is 1. The topological polar surface area (TPSA) is 71.9 Å². The van der Waals surface area contributed by atoms with Crippen LogP contribution in [-0.4, -0.2) is 42.2 Å². The van der Waals surface area contributed by atoms with Crippen LogP contribution < -0.4 is 9.47 Å². The van der Waals surface area contributed by atoms with Crippen molar-refractivity contribution in [3.05, 3.63) is 58.7 Å². The second kappa shape index (κ2) is 7.94. The Hall–Kier alpha value is -2.99. The molecule has 0 aliphatic rings. The number of rotatable bonds is 5. The third-order valence-electron chi connectivity index (χ3n) is 4.75. The van der Waals surface area contributed by atoms with Gasteiger partial charge in [-0.25, -0.2) is 0 Å². The molecule has 0 spiro atoms. The summed E-state index contributed by atoms with van der Waals surface area (Å²) in [5.74, 6) is 0.897. The number of phenolic OH excluding ortho intramolecular Hbond substituents is 1. The van der Waals surface area contributed by atoms with Gasteiger partial charge in [0.15, 0.2) is 11.5 Å². The first kappa shape index (κ1) is 19.8. The van der Waals surface area contributed by atoms with Gasteiger partial charge in [0, 0.05) is 31.1 Å². The summed E-state index contributed by atoms with van der Waals surface area (Å²) < 4.78 is 10.7. The molecule has 0 radical (unpaired) electrons. The Morgan fingerprint density at radius 1 is 1.18 bits per heavy atom. The predicted octanol–water partition coefficient (Wildman–Crippen LogP) is 4.18. The molecule has 0 saturated heterocycles. The van der Waals surface area contributed by atoms with Gasteiger partial charge >= 0.3 is 0 Å². The molecule has 0 fully saturated rings. The van der Waals surface area contributed by atoms with E-state index in [0.717, 1.165) is 5.56 Å². The van der Waals surface area contributed by atoms with Gasteiger partial charge in [0.2, 0.25) is 5.91 Å². The Bertz CT molecular complexity index is 1040. The van der Waals surface area contributed by atoms with Gasteiger partial charge < -0.3 is 19.5 Å². The number of pyridine rings is 1. The molecular formula is C21H21ClN2O4. The number of methoxy groups -OCH3 is 2. The van der Waals surface area contributed by atoms with E-state index >= 15 is 0 Å². The molecule has 0 aliphatic heterocycles. The number of aromatic hydroxyl groups is 1. The van der Waals surface area contributed by atoms with Gasteiger partial charge in [0.25, 0.3) is 0 Å². The molecule has 1 unspecified atom stereocenters. The minimum atomic E-state index is -0.596. The SMILES string of the molecule is COc1ccc(C(c2cc(Cl)c3cccnc3c2O)N(C)C(C)=O)cc1OC. The summed E-state index contributed by atoms with van der Waals surface area (Å²) in [5.41, 5.74) is 1.59. The first-order valence-electron chi connectivity index (χ1n) is 8.60. The Labute approximate surface area is 168 Å². The Kier molecular flexibility index (Phi) is 5.61. The molecule has 0 saturated carbocycles. The molecule has 1 atom stereocenters. The number of carbonyl (C=O) groups is 1. The third kappa shape index (κ3) is 3.43. The summed E-state index contributed by atoms with van der Waals surface area (Å²) in [5, 5.41) is 12.0. The van der Waals surface area contributed by atoms with Gasteiger partial charge in [-0.2, -0.15) is 0 Å². The van der Waals surface area contributed by atoms with E-state index in [4.69, 9.17) is 21.1 Å². The van der Waals surface area contributed by atoms with Crippen molar-refractivity contribution in [2.75, 3.05) is 21.3 Å². The molecule has 146 valence electrons. The molecule has 1 N–H and O–H groups in total. The normalized spacial score (nSPS) is 11.9. The van der Waals surface area contributed by atoms with Crippen LogP contribution in [0.5, 0.6) is 17.2 Å². The zero-order valence-corrected chi connectivity index (χ0v) is 16.8. The fourth-order valence-electron chi connectivity index (χ4n) is 3.23. The van der Waals surface area contributed by atoms with Crippen molar-refractivity contribution in [3.63, 3.8) is 0 Å². The lowest BCUT2D eigenvalue weighted by Crippen LogP contribution is -2.30. The highest BCUT2D eigenvalue weighted by Gasteiger charge is 2.27. The van der Waals surface area contributed by atoms with Crippen LogP contribution in [0.15, 0.2) is 42.6 Å². The summed E-state index contributed by atoms with van der Waals surface area (Å²) in [6, 6.07) is 9.96. The van der Waals surface area contributed by atoms with Crippen molar-refractivity contribution in [2.45, 2.75) is 13.0 Å². The number of fused-ring (bicyclic) bond motifs is 1. The summed E-state index contributed by atoms with van der Waals surface area (Å²) in [4.78, 5) is 18.0. The number of phenols is 1. The number of amides is 1. The largest absolute Gasteiger partial charge is 0.505 e. The molecule has 7 heteroatoms. The maximum absolute atomic E-state index is 12.2. The first-order valence-corrected chi connectivity index (χ1v) is 8.98. The second-order valence-electron chi connectivity index (χ2n) is 6.34. The van der Waals surface area contributed by atoms with Crippen LogP contribution in [0.3, 0.4) is 0 Å². The van der Waals surface area contributed by atoms with Gasteiger partial charge in [0.1, 0.15) is 11.3 Å². The first-order chi connectivity index (χ1) is 13.4. The van der Waals surface area contributed by atoms with Crippen molar-refractivity contribution in [2.24, 2.45) is 0 Å². The highest BCUT2D eigenvalue weighted by molar-refractivity contribution is 6.35.